The summed E-state index contributed by atoms with van der Waals surface area (Å²) in [6.07, 6.45) is -5.64. The molecular formula is C25H20F6N6O3. The maximum atomic E-state index is 13.4. The number of nitrogens with zero attached hydrogens (tertiary/aromatic N) is 5. The van der Waals surface area contributed by atoms with Crippen LogP contribution in [-0.4, -0.2) is 44.4 Å². The normalized spacial score (nSPS) is 11.8. The Hall–Kier alpha value is -4.69. The Morgan fingerprint density at radius 1 is 1.00 bits per heavy atom. The van der Waals surface area contributed by atoms with E-state index in [0.29, 0.717) is 0 Å². The fraction of sp³-hybridized carbons (Fsp3) is 0.240. The van der Waals surface area contributed by atoms with Crippen molar-refractivity contribution >= 4 is 17.6 Å². The summed E-state index contributed by atoms with van der Waals surface area (Å²) in [4.78, 5) is 24.6. The summed E-state index contributed by atoms with van der Waals surface area (Å²) in [5.41, 5.74) is -1.80. The first-order chi connectivity index (χ1) is 18.8. The third-order valence-electron chi connectivity index (χ3n) is 5.43. The van der Waals surface area contributed by atoms with E-state index in [1.165, 1.54) is 44.8 Å². The maximum Gasteiger partial charge on any atom is 0.435 e. The number of ether oxygens (including phenoxy) is 2. The van der Waals surface area contributed by atoms with E-state index in [-0.39, 0.29) is 52.2 Å². The molecule has 3 heterocycles. The van der Waals surface area contributed by atoms with Crippen molar-refractivity contribution in [3.8, 4) is 22.7 Å². The van der Waals surface area contributed by atoms with Crippen LogP contribution in [0.5, 0.6) is 5.75 Å². The van der Waals surface area contributed by atoms with Gasteiger partial charge in [-0.3, -0.25) is 4.98 Å². The first kappa shape index (κ1) is 28.3. The topological polar surface area (TPSA) is 104 Å². The van der Waals surface area contributed by atoms with Gasteiger partial charge in [0.1, 0.15) is 5.75 Å². The molecule has 1 aromatic carbocycles. The number of aryl methyl sites for hydroxylation is 1. The van der Waals surface area contributed by atoms with Crippen molar-refractivity contribution in [3.63, 3.8) is 0 Å². The third kappa shape index (κ3) is 6.13. The number of aromatic nitrogens is 5. The summed E-state index contributed by atoms with van der Waals surface area (Å²) >= 11 is 0. The number of esters is 1. The molecule has 210 valence electrons. The van der Waals surface area contributed by atoms with Gasteiger partial charge in [-0.25, -0.2) is 14.5 Å². The number of methoxy groups -OCH3 is 1. The summed E-state index contributed by atoms with van der Waals surface area (Å²) in [6, 6.07) is 5.06. The molecule has 0 spiro atoms. The Morgan fingerprint density at radius 2 is 1.75 bits per heavy atom. The fourth-order valence-electron chi connectivity index (χ4n) is 3.62. The Bertz CT molecular complexity index is 1550. The molecule has 15 heteroatoms. The lowest BCUT2D eigenvalue weighted by molar-refractivity contribution is -0.141. The number of anilines is 2. The third-order valence-corrected chi connectivity index (χ3v) is 5.43. The van der Waals surface area contributed by atoms with E-state index in [2.05, 4.69) is 25.4 Å². The number of carbonyl (C=O) groups is 1. The van der Waals surface area contributed by atoms with Gasteiger partial charge in [-0.1, -0.05) is 0 Å². The summed E-state index contributed by atoms with van der Waals surface area (Å²) in [7, 11) is 1.19. The van der Waals surface area contributed by atoms with Crippen LogP contribution in [0.3, 0.4) is 0 Å². The molecule has 0 saturated heterocycles. The second-order valence-corrected chi connectivity index (χ2v) is 8.27. The first-order valence-corrected chi connectivity index (χ1v) is 11.5. The lowest BCUT2D eigenvalue weighted by atomic mass is 10.1. The van der Waals surface area contributed by atoms with Crippen LogP contribution in [0.15, 0.2) is 48.9 Å². The van der Waals surface area contributed by atoms with Crippen LogP contribution < -0.4 is 10.1 Å². The zero-order valence-electron chi connectivity index (χ0n) is 21.1. The average Bonchev–Trinajstić information content (AvgIpc) is 3.30. The van der Waals surface area contributed by atoms with Crippen LogP contribution in [0.1, 0.15) is 34.2 Å². The second-order valence-electron chi connectivity index (χ2n) is 8.27. The van der Waals surface area contributed by atoms with Crippen LogP contribution >= 0.6 is 0 Å². The number of carbonyl (C=O) groups excluding carboxylic acids is 1. The quantitative estimate of drug-likeness (QED) is 0.215. The molecule has 0 aliphatic rings. The number of halogens is 6. The minimum absolute atomic E-state index is 0.0495. The maximum absolute atomic E-state index is 13.4. The Balaban J connectivity index is 1.86. The van der Waals surface area contributed by atoms with E-state index in [1.807, 2.05) is 0 Å². The highest BCUT2D eigenvalue weighted by atomic mass is 19.4. The van der Waals surface area contributed by atoms with Crippen LogP contribution in [0.25, 0.3) is 16.9 Å². The molecular weight excluding hydrogens is 546 g/mol. The molecule has 0 radical (unpaired) electrons. The van der Waals surface area contributed by atoms with Gasteiger partial charge in [0.2, 0.25) is 5.95 Å². The van der Waals surface area contributed by atoms with E-state index >= 15 is 0 Å². The zero-order valence-corrected chi connectivity index (χ0v) is 21.1. The number of pyridine rings is 1. The van der Waals surface area contributed by atoms with Crippen molar-refractivity contribution in [2.24, 2.45) is 0 Å². The molecule has 0 aliphatic carbocycles. The van der Waals surface area contributed by atoms with Crippen molar-refractivity contribution in [1.29, 1.82) is 0 Å². The van der Waals surface area contributed by atoms with Gasteiger partial charge >= 0.3 is 18.3 Å². The largest absolute Gasteiger partial charge is 0.497 e. The summed E-state index contributed by atoms with van der Waals surface area (Å²) in [5.74, 6) is -1.19. The summed E-state index contributed by atoms with van der Waals surface area (Å²) in [6.45, 7) is 3.09. The SMILES string of the molecule is CCOC(=O)c1cncc(-c2cnc(Nc3cc(OC)cc(C(F)(F)F)c3)nc2-n2nc(C(F)(F)F)cc2C)c1. The molecule has 0 unspecified atom stereocenters. The standard InChI is InChI=1S/C25H20F6N6O3/c1-4-40-22(38)15-6-14(10-32-11-15)19-12-33-23(34-17-7-16(24(26,27)28)8-18(9-17)39-3)35-21(19)37-13(2)5-20(36-37)25(29,30)31/h5-12H,4H2,1-3H3,(H,33,34,35). The van der Waals surface area contributed by atoms with Gasteiger partial charge in [0.15, 0.2) is 11.5 Å². The van der Waals surface area contributed by atoms with Gasteiger partial charge in [-0.2, -0.15) is 36.4 Å². The first-order valence-electron chi connectivity index (χ1n) is 11.5. The molecule has 1 N–H and O–H groups in total. The molecule has 0 amide bonds. The Morgan fingerprint density at radius 3 is 2.38 bits per heavy atom. The fourth-order valence-corrected chi connectivity index (χ4v) is 3.62. The molecule has 4 rings (SSSR count). The van der Waals surface area contributed by atoms with Crippen molar-refractivity contribution in [2.45, 2.75) is 26.2 Å². The Labute approximate surface area is 222 Å². The van der Waals surface area contributed by atoms with Gasteiger partial charge in [-0.05, 0) is 38.1 Å². The van der Waals surface area contributed by atoms with Crippen LogP contribution in [0.2, 0.25) is 0 Å². The lowest BCUT2D eigenvalue weighted by Crippen LogP contribution is -2.11. The van der Waals surface area contributed by atoms with E-state index in [1.54, 1.807) is 6.92 Å². The monoisotopic (exact) mass is 566 g/mol. The van der Waals surface area contributed by atoms with Crippen LogP contribution in [0.4, 0.5) is 38.0 Å². The molecule has 0 atom stereocenters. The average molecular weight is 566 g/mol. The van der Waals surface area contributed by atoms with E-state index in [9.17, 15) is 31.1 Å². The molecule has 3 aromatic heterocycles. The summed E-state index contributed by atoms with van der Waals surface area (Å²) in [5, 5.41) is 6.27. The molecule has 0 bridgehead atoms. The number of benzene rings is 1. The molecule has 9 nitrogen and oxygen atoms in total. The lowest BCUT2D eigenvalue weighted by Gasteiger charge is -2.15. The highest BCUT2D eigenvalue weighted by molar-refractivity contribution is 5.91. The highest BCUT2D eigenvalue weighted by Gasteiger charge is 2.35. The predicted octanol–water partition coefficient (Wildman–Crippen LogP) is 6.00. The second kappa shape index (κ2) is 10.8. The minimum atomic E-state index is -4.76. The molecule has 0 saturated carbocycles. The number of nitrogens with one attached hydrogen (secondary N) is 1. The van der Waals surface area contributed by atoms with Crippen molar-refractivity contribution < 1.29 is 40.6 Å². The number of hydrogen-bond acceptors (Lipinski definition) is 8. The van der Waals surface area contributed by atoms with Gasteiger partial charge in [0, 0.05) is 47.2 Å². The molecule has 4 aromatic rings. The van der Waals surface area contributed by atoms with E-state index in [0.717, 1.165) is 22.9 Å². The number of rotatable bonds is 7. The van der Waals surface area contributed by atoms with Crippen molar-refractivity contribution in [3.05, 3.63) is 71.4 Å². The van der Waals surface area contributed by atoms with Crippen LogP contribution in [0, 0.1) is 6.92 Å². The van der Waals surface area contributed by atoms with Crippen LogP contribution in [-0.2, 0) is 17.1 Å². The number of hydrogen-bond donors (Lipinski definition) is 1. The number of alkyl halides is 6. The van der Waals surface area contributed by atoms with Gasteiger partial charge in [0.25, 0.3) is 0 Å². The smallest absolute Gasteiger partial charge is 0.435 e. The summed E-state index contributed by atoms with van der Waals surface area (Å²) < 4.78 is 91.2. The molecule has 0 aliphatic heterocycles. The molecule has 40 heavy (non-hydrogen) atoms. The van der Waals surface area contributed by atoms with E-state index in [4.69, 9.17) is 9.47 Å². The highest BCUT2D eigenvalue weighted by Crippen LogP contribution is 2.36. The Kier molecular flexibility index (Phi) is 7.66. The molecule has 0 fully saturated rings. The van der Waals surface area contributed by atoms with Crippen molar-refractivity contribution in [2.75, 3.05) is 19.0 Å². The predicted molar refractivity (Wildman–Crippen MR) is 129 cm³/mol. The van der Waals surface area contributed by atoms with Gasteiger partial charge < -0.3 is 14.8 Å². The van der Waals surface area contributed by atoms with Gasteiger partial charge in [0.05, 0.1) is 24.8 Å². The van der Waals surface area contributed by atoms with Crippen molar-refractivity contribution in [1.82, 2.24) is 24.7 Å². The zero-order chi connectivity index (χ0) is 29.2. The van der Waals surface area contributed by atoms with E-state index < -0.39 is 29.6 Å². The van der Waals surface area contributed by atoms with Gasteiger partial charge in [-0.15, -0.1) is 0 Å². The minimum Gasteiger partial charge on any atom is -0.497 e.